The molecule has 0 aliphatic carbocycles. The lowest BCUT2D eigenvalue weighted by molar-refractivity contribution is -0.137. The second kappa shape index (κ2) is 19.3. The molecule has 36 heavy (non-hydrogen) atoms. The van der Waals surface area contributed by atoms with Gasteiger partial charge in [-0.2, -0.15) is 0 Å². The number of hydrogen-bond donors (Lipinski definition) is 1. The van der Waals surface area contributed by atoms with Gasteiger partial charge in [0.25, 0.3) is 0 Å². The van der Waals surface area contributed by atoms with Crippen molar-refractivity contribution in [1.82, 2.24) is 10.3 Å². The van der Waals surface area contributed by atoms with E-state index >= 15 is 0 Å². The molecule has 1 aromatic heterocycles. The topological polar surface area (TPSA) is 77.5 Å². The molecule has 0 radical (unpaired) electrons. The average molecular weight is 497 g/mol. The maximum absolute atomic E-state index is 11.9. The van der Waals surface area contributed by atoms with Crippen molar-refractivity contribution in [2.24, 2.45) is 0 Å². The highest BCUT2D eigenvalue weighted by atomic mass is 16.6. The first-order valence-corrected chi connectivity index (χ1v) is 13.8. The van der Waals surface area contributed by atoms with E-state index in [2.05, 4.69) is 17.2 Å². The summed E-state index contributed by atoms with van der Waals surface area (Å²) < 4.78 is 10.7. The maximum Gasteiger partial charge on any atom is 0.415 e. The average Bonchev–Trinajstić information content (AvgIpc) is 2.90. The summed E-state index contributed by atoms with van der Waals surface area (Å²) in [6.07, 6.45) is 17.5. The van der Waals surface area contributed by atoms with Gasteiger partial charge in [-0.05, 0) is 42.7 Å². The van der Waals surface area contributed by atoms with E-state index in [0.717, 1.165) is 24.3 Å². The SMILES string of the molecule is CCCCCCCCCCCCCCOc1ccc(CCC(=O)OC(=O)NCc2ccccn2)cc1. The molecule has 1 N–H and O–H groups in total. The normalized spacial score (nSPS) is 10.7. The molecule has 0 aliphatic rings. The summed E-state index contributed by atoms with van der Waals surface area (Å²) in [6.45, 7) is 3.21. The Morgan fingerprint density at radius 3 is 2.06 bits per heavy atom. The van der Waals surface area contributed by atoms with Crippen LogP contribution in [-0.4, -0.2) is 23.7 Å². The fourth-order valence-corrected chi connectivity index (χ4v) is 3.99. The molecule has 1 amide bonds. The zero-order valence-electron chi connectivity index (χ0n) is 22.0. The third kappa shape index (κ3) is 14.5. The highest BCUT2D eigenvalue weighted by Crippen LogP contribution is 2.15. The lowest BCUT2D eigenvalue weighted by atomic mass is 10.1. The molecule has 2 aromatic rings. The molecule has 0 spiro atoms. The molecule has 0 atom stereocenters. The molecule has 0 bridgehead atoms. The van der Waals surface area contributed by atoms with Gasteiger partial charge in [-0.1, -0.05) is 95.8 Å². The Kier molecular flexibility index (Phi) is 15.7. The molecule has 0 aliphatic heterocycles. The van der Waals surface area contributed by atoms with Gasteiger partial charge >= 0.3 is 12.1 Å². The first-order valence-electron chi connectivity index (χ1n) is 13.8. The number of aromatic nitrogens is 1. The van der Waals surface area contributed by atoms with Gasteiger partial charge in [0.15, 0.2) is 0 Å². The lowest BCUT2D eigenvalue weighted by Gasteiger charge is -2.08. The molecule has 2 rings (SSSR count). The summed E-state index contributed by atoms with van der Waals surface area (Å²) in [5, 5.41) is 2.53. The molecule has 6 heteroatoms. The summed E-state index contributed by atoms with van der Waals surface area (Å²) in [5.74, 6) is 0.291. The van der Waals surface area contributed by atoms with E-state index in [4.69, 9.17) is 9.47 Å². The van der Waals surface area contributed by atoms with Gasteiger partial charge in [0.2, 0.25) is 0 Å². The number of esters is 1. The Morgan fingerprint density at radius 2 is 1.44 bits per heavy atom. The Balaban J connectivity index is 1.46. The molecular formula is C30H44N2O4. The molecule has 0 fully saturated rings. The van der Waals surface area contributed by atoms with E-state index in [0.29, 0.717) is 12.1 Å². The van der Waals surface area contributed by atoms with Crippen molar-refractivity contribution in [2.75, 3.05) is 6.61 Å². The van der Waals surface area contributed by atoms with Crippen LogP contribution in [0.3, 0.4) is 0 Å². The van der Waals surface area contributed by atoms with E-state index in [1.54, 1.807) is 18.3 Å². The minimum absolute atomic E-state index is 0.135. The van der Waals surface area contributed by atoms with Crippen molar-refractivity contribution < 1.29 is 19.1 Å². The van der Waals surface area contributed by atoms with Crippen molar-refractivity contribution in [2.45, 2.75) is 103 Å². The first-order chi connectivity index (χ1) is 17.7. The van der Waals surface area contributed by atoms with Gasteiger partial charge in [0.1, 0.15) is 5.75 Å². The van der Waals surface area contributed by atoms with Gasteiger partial charge in [0.05, 0.1) is 25.3 Å². The van der Waals surface area contributed by atoms with Crippen LogP contribution in [0.4, 0.5) is 4.79 Å². The van der Waals surface area contributed by atoms with Crippen LogP contribution in [0.15, 0.2) is 48.7 Å². The summed E-state index contributed by atoms with van der Waals surface area (Å²) >= 11 is 0. The zero-order valence-corrected chi connectivity index (χ0v) is 22.0. The van der Waals surface area contributed by atoms with Gasteiger partial charge in [-0.25, -0.2) is 4.79 Å². The molecule has 198 valence electrons. The van der Waals surface area contributed by atoms with Crippen LogP contribution in [0.1, 0.15) is 102 Å². The number of unbranched alkanes of at least 4 members (excludes halogenated alkanes) is 11. The predicted octanol–water partition coefficient (Wildman–Crippen LogP) is 7.55. The number of rotatable bonds is 19. The summed E-state index contributed by atoms with van der Waals surface area (Å²) in [4.78, 5) is 27.8. The standard InChI is InChI=1S/C30H44N2O4/c1-2-3-4-5-6-7-8-9-10-11-12-15-24-35-28-20-17-26(18-21-28)19-22-29(33)36-30(34)32-25-27-16-13-14-23-31-27/h13-14,16-18,20-21,23H,2-12,15,19,22,24-25H2,1H3,(H,32,34). The highest BCUT2D eigenvalue weighted by Gasteiger charge is 2.10. The van der Waals surface area contributed by atoms with E-state index < -0.39 is 12.1 Å². The minimum Gasteiger partial charge on any atom is -0.494 e. The number of carbonyl (C=O) groups is 2. The maximum atomic E-state index is 11.9. The molecule has 6 nitrogen and oxygen atoms in total. The van der Waals surface area contributed by atoms with Crippen LogP contribution in [0.2, 0.25) is 0 Å². The van der Waals surface area contributed by atoms with E-state index in [1.807, 2.05) is 30.3 Å². The summed E-state index contributed by atoms with van der Waals surface area (Å²) in [6, 6.07) is 13.2. The number of carbonyl (C=O) groups excluding carboxylic acids is 2. The number of amides is 1. The van der Waals surface area contributed by atoms with E-state index in [9.17, 15) is 9.59 Å². The quantitative estimate of drug-likeness (QED) is 0.123. The Bertz CT molecular complexity index is 840. The molecule has 0 unspecified atom stereocenters. The number of nitrogens with one attached hydrogen (secondary N) is 1. The fourth-order valence-electron chi connectivity index (χ4n) is 3.99. The largest absolute Gasteiger partial charge is 0.494 e. The highest BCUT2D eigenvalue weighted by molar-refractivity contribution is 5.84. The molecular weight excluding hydrogens is 452 g/mol. The summed E-state index contributed by atoms with van der Waals surface area (Å²) in [5.41, 5.74) is 1.70. The Hall–Kier alpha value is -2.89. The van der Waals surface area contributed by atoms with Crippen molar-refractivity contribution >= 4 is 12.1 Å². The molecule has 0 saturated carbocycles. The zero-order chi connectivity index (χ0) is 25.7. The van der Waals surface area contributed by atoms with Crippen LogP contribution in [-0.2, 0) is 22.5 Å². The second-order valence-electron chi connectivity index (χ2n) is 9.32. The van der Waals surface area contributed by atoms with Gasteiger partial charge < -0.3 is 14.8 Å². The van der Waals surface area contributed by atoms with Crippen LogP contribution in [0, 0.1) is 0 Å². The monoisotopic (exact) mass is 496 g/mol. The van der Waals surface area contributed by atoms with Crippen molar-refractivity contribution in [3.05, 3.63) is 59.9 Å². The second-order valence-corrected chi connectivity index (χ2v) is 9.32. The van der Waals surface area contributed by atoms with Crippen LogP contribution < -0.4 is 10.1 Å². The van der Waals surface area contributed by atoms with Gasteiger partial charge in [-0.15, -0.1) is 0 Å². The van der Waals surface area contributed by atoms with Gasteiger partial charge in [0, 0.05) is 6.20 Å². The Morgan fingerprint density at radius 1 is 0.806 bits per heavy atom. The number of ether oxygens (including phenoxy) is 2. The third-order valence-corrected chi connectivity index (χ3v) is 6.15. The number of benzene rings is 1. The molecule has 1 aromatic carbocycles. The first kappa shape index (κ1) is 29.3. The van der Waals surface area contributed by atoms with Crippen molar-refractivity contribution in [3.63, 3.8) is 0 Å². The molecule has 0 saturated heterocycles. The number of hydrogen-bond acceptors (Lipinski definition) is 5. The van der Waals surface area contributed by atoms with Gasteiger partial charge in [-0.3, -0.25) is 9.78 Å². The lowest BCUT2D eigenvalue weighted by Crippen LogP contribution is -2.26. The number of alkyl carbamates (subject to hydrolysis) is 1. The van der Waals surface area contributed by atoms with E-state index in [1.165, 1.54) is 70.6 Å². The fraction of sp³-hybridized carbons (Fsp3) is 0.567. The van der Waals surface area contributed by atoms with Crippen LogP contribution in [0.25, 0.3) is 0 Å². The summed E-state index contributed by atoms with van der Waals surface area (Å²) in [7, 11) is 0. The van der Waals surface area contributed by atoms with Crippen molar-refractivity contribution in [3.8, 4) is 5.75 Å². The smallest absolute Gasteiger partial charge is 0.415 e. The number of aryl methyl sites for hydroxylation is 1. The van der Waals surface area contributed by atoms with E-state index in [-0.39, 0.29) is 13.0 Å². The molecule has 1 heterocycles. The third-order valence-electron chi connectivity index (χ3n) is 6.15. The van der Waals surface area contributed by atoms with Crippen LogP contribution in [0.5, 0.6) is 5.75 Å². The number of pyridine rings is 1. The van der Waals surface area contributed by atoms with Crippen LogP contribution >= 0.6 is 0 Å². The number of nitrogens with zero attached hydrogens (tertiary/aromatic N) is 1. The Labute approximate surface area is 217 Å². The predicted molar refractivity (Wildman–Crippen MR) is 144 cm³/mol. The minimum atomic E-state index is -0.757. The van der Waals surface area contributed by atoms with Crippen molar-refractivity contribution in [1.29, 1.82) is 0 Å².